The molecule has 0 radical (unpaired) electrons. The second-order valence-electron chi connectivity index (χ2n) is 3.85. The van der Waals surface area contributed by atoms with Gasteiger partial charge in [-0.15, -0.1) is 0 Å². The van der Waals surface area contributed by atoms with Gasteiger partial charge < -0.3 is 5.32 Å². The van der Waals surface area contributed by atoms with Crippen LogP contribution in [0.15, 0.2) is 22.8 Å². The fraction of sp³-hybridized carbons (Fsp3) is 0.400. The summed E-state index contributed by atoms with van der Waals surface area (Å²) >= 11 is 3.33. The van der Waals surface area contributed by atoms with E-state index in [1.807, 2.05) is 19.1 Å². The van der Waals surface area contributed by atoms with E-state index in [0.29, 0.717) is 5.82 Å². The van der Waals surface area contributed by atoms with E-state index in [9.17, 15) is 4.79 Å². The van der Waals surface area contributed by atoms with Crippen molar-refractivity contribution in [1.29, 1.82) is 0 Å². The quantitative estimate of drug-likeness (QED) is 0.882. The van der Waals surface area contributed by atoms with Gasteiger partial charge in [-0.25, -0.2) is 4.98 Å². The Morgan fingerprint density at radius 3 is 2.93 bits per heavy atom. The van der Waals surface area contributed by atoms with E-state index in [2.05, 4.69) is 26.2 Å². The van der Waals surface area contributed by atoms with Crippen LogP contribution in [-0.2, 0) is 4.79 Å². The molecule has 3 nitrogen and oxygen atoms in total. The Kier molecular flexibility index (Phi) is 2.31. The van der Waals surface area contributed by atoms with Crippen molar-refractivity contribution in [1.82, 2.24) is 4.98 Å². The molecule has 0 bridgehead atoms. The summed E-state index contributed by atoms with van der Waals surface area (Å²) in [5.74, 6) is 0.669. The van der Waals surface area contributed by atoms with Gasteiger partial charge in [0.1, 0.15) is 5.82 Å². The Hall–Kier alpha value is -0.900. The molecule has 1 N–H and O–H groups in total. The van der Waals surface area contributed by atoms with E-state index < -0.39 is 0 Å². The predicted molar refractivity (Wildman–Crippen MR) is 57.9 cm³/mol. The number of hydrogen-bond donors (Lipinski definition) is 1. The maximum Gasteiger partial charge on any atom is 0.231 e. The van der Waals surface area contributed by atoms with Crippen molar-refractivity contribution >= 4 is 27.7 Å². The zero-order valence-electron chi connectivity index (χ0n) is 7.88. The fourth-order valence-corrected chi connectivity index (χ4v) is 1.50. The Bertz CT molecular complexity index is 374. The number of rotatable bonds is 2. The van der Waals surface area contributed by atoms with Crippen LogP contribution in [0.1, 0.15) is 19.8 Å². The third-order valence-electron chi connectivity index (χ3n) is 2.54. The summed E-state index contributed by atoms with van der Waals surface area (Å²) in [5, 5.41) is 2.82. The lowest BCUT2D eigenvalue weighted by molar-refractivity contribution is -0.120. The van der Waals surface area contributed by atoms with Gasteiger partial charge in [0.15, 0.2) is 0 Å². The Morgan fingerprint density at radius 1 is 1.64 bits per heavy atom. The molecule has 74 valence electrons. The maximum atomic E-state index is 11.7. The van der Waals surface area contributed by atoms with Gasteiger partial charge >= 0.3 is 0 Å². The summed E-state index contributed by atoms with van der Waals surface area (Å²) in [7, 11) is 0. The van der Waals surface area contributed by atoms with Crippen LogP contribution >= 0.6 is 15.9 Å². The summed E-state index contributed by atoms with van der Waals surface area (Å²) in [4.78, 5) is 15.8. The number of carbonyl (C=O) groups is 1. The van der Waals surface area contributed by atoms with Crippen LogP contribution in [0.25, 0.3) is 0 Å². The summed E-state index contributed by atoms with van der Waals surface area (Å²) in [6, 6.07) is 3.68. The van der Waals surface area contributed by atoms with E-state index >= 15 is 0 Å². The smallest absolute Gasteiger partial charge is 0.231 e. The van der Waals surface area contributed by atoms with Gasteiger partial charge in [-0.3, -0.25) is 4.79 Å². The molecule has 0 aliphatic heterocycles. The summed E-state index contributed by atoms with van der Waals surface area (Å²) < 4.78 is 0.817. The first kappa shape index (κ1) is 9.65. The van der Waals surface area contributed by atoms with E-state index in [1.165, 1.54) is 0 Å². The van der Waals surface area contributed by atoms with Crippen LogP contribution in [0.4, 0.5) is 5.82 Å². The van der Waals surface area contributed by atoms with Crippen LogP contribution in [0.2, 0.25) is 0 Å². The van der Waals surface area contributed by atoms with Gasteiger partial charge in [-0.2, -0.15) is 0 Å². The van der Waals surface area contributed by atoms with Crippen molar-refractivity contribution in [2.24, 2.45) is 5.41 Å². The molecule has 2 rings (SSSR count). The normalized spacial score (nSPS) is 17.6. The van der Waals surface area contributed by atoms with Gasteiger partial charge in [-0.05, 0) is 40.9 Å². The first-order valence-corrected chi connectivity index (χ1v) is 5.33. The van der Waals surface area contributed by atoms with Crippen LogP contribution in [0.5, 0.6) is 0 Å². The Balaban J connectivity index is 2.11. The Labute approximate surface area is 91.0 Å². The highest BCUT2D eigenvalue weighted by molar-refractivity contribution is 9.10. The SMILES string of the molecule is CC1(C(=O)Nc2ncccc2Br)CC1. The van der Waals surface area contributed by atoms with E-state index in [4.69, 9.17) is 0 Å². The van der Waals surface area contributed by atoms with Crippen molar-refractivity contribution < 1.29 is 4.79 Å². The highest BCUT2D eigenvalue weighted by atomic mass is 79.9. The monoisotopic (exact) mass is 254 g/mol. The second-order valence-corrected chi connectivity index (χ2v) is 4.70. The minimum absolute atomic E-state index is 0.0666. The minimum Gasteiger partial charge on any atom is -0.309 e. The van der Waals surface area contributed by atoms with E-state index in [-0.39, 0.29) is 11.3 Å². The molecule has 1 saturated carbocycles. The molecule has 0 unspecified atom stereocenters. The molecule has 14 heavy (non-hydrogen) atoms. The topological polar surface area (TPSA) is 42.0 Å². The molecule has 1 aliphatic carbocycles. The van der Waals surface area contributed by atoms with Gasteiger partial charge in [0.05, 0.1) is 4.47 Å². The minimum atomic E-state index is -0.156. The number of pyridine rings is 1. The fourth-order valence-electron chi connectivity index (χ4n) is 1.15. The average Bonchev–Trinajstić information content (AvgIpc) is 2.89. The highest BCUT2D eigenvalue weighted by Crippen LogP contribution is 2.45. The van der Waals surface area contributed by atoms with Gasteiger partial charge in [0.25, 0.3) is 0 Å². The molecule has 1 aromatic heterocycles. The lowest BCUT2D eigenvalue weighted by Gasteiger charge is -2.09. The highest BCUT2D eigenvalue weighted by Gasteiger charge is 2.45. The molecule has 0 atom stereocenters. The largest absolute Gasteiger partial charge is 0.309 e. The molecule has 0 spiro atoms. The first-order chi connectivity index (χ1) is 6.62. The van der Waals surface area contributed by atoms with Crippen LogP contribution in [-0.4, -0.2) is 10.9 Å². The van der Waals surface area contributed by atoms with Crippen molar-refractivity contribution in [3.05, 3.63) is 22.8 Å². The third kappa shape index (κ3) is 1.80. The summed E-state index contributed by atoms with van der Waals surface area (Å²) in [6.45, 7) is 1.97. The van der Waals surface area contributed by atoms with Crippen molar-refractivity contribution in [2.45, 2.75) is 19.8 Å². The number of aromatic nitrogens is 1. The van der Waals surface area contributed by atoms with Crippen LogP contribution in [0.3, 0.4) is 0 Å². The molecular formula is C10H11BrN2O. The maximum absolute atomic E-state index is 11.7. The third-order valence-corrected chi connectivity index (χ3v) is 3.18. The number of carbonyl (C=O) groups excluding carboxylic acids is 1. The zero-order chi connectivity index (χ0) is 10.2. The lowest BCUT2D eigenvalue weighted by Crippen LogP contribution is -2.22. The second kappa shape index (κ2) is 3.35. The van der Waals surface area contributed by atoms with Gasteiger partial charge in [0.2, 0.25) is 5.91 Å². The molecule has 1 aliphatic rings. The molecule has 0 aromatic carbocycles. The average molecular weight is 255 g/mol. The molecule has 4 heteroatoms. The van der Waals surface area contributed by atoms with Crippen molar-refractivity contribution in [2.75, 3.05) is 5.32 Å². The number of nitrogens with one attached hydrogen (secondary N) is 1. The number of anilines is 1. The summed E-state index contributed by atoms with van der Waals surface area (Å²) in [5.41, 5.74) is -0.156. The zero-order valence-corrected chi connectivity index (χ0v) is 9.47. The Morgan fingerprint density at radius 2 is 2.36 bits per heavy atom. The van der Waals surface area contributed by atoms with E-state index in [1.54, 1.807) is 6.20 Å². The number of amides is 1. The predicted octanol–water partition coefficient (Wildman–Crippen LogP) is 2.58. The summed E-state index contributed by atoms with van der Waals surface area (Å²) in [6.07, 6.45) is 3.61. The molecular weight excluding hydrogens is 244 g/mol. The number of nitrogens with zero attached hydrogens (tertiary/aromatic N) is 1. The van der Waals surface area contributed by atoms with Gasteiger partial charge in [-0.1, -0.05) is 6.92 Å². The van der Waals surface area contributed by atoms with Crippen LogP contribution in [0, 0.1) is 5.41 Å². The molecule has 1 amide bonds. The number of hydrogen-bond acceptors (Lipinski definition) is 2. The van der Waals surface area contributed by atoms with E-state index in [0.717, 1.165) is 17.3 Å². The first-order valence-electron chi connectivity index (χ1n) is 4.54. The molecule has 1 heterocycles. The standard InChI is InChI=1S/C10H11BrN2O/c1-10(4-5-10)9(14)13-8-7(11)3-2-6-12-8/h2-3,6H,4-5H2,1H3,(H,12,13,14). The van der Waals surface area contributed by atoms with Crippen molar-refractivity contribution in [3.63, 3.8) is 0 Å². The molecule has 0 saturated heterocycles. The van der Waals surface area contributed by atoms with Crippen LogP contribution < -0.4 is 5.32 Å². The number of halogens is 1. The molecule has 1 fully saturated rings. The molecule has 1 aromatic rings. The van der Waals surface area contributed by atoms with Crippen molar-refractivity contribution in [3.8, 4) is 0 Å². The van der Waals surface area contributed by atoms with Gasteiger partial charge in [0, 0.05) is 11.6 Å². The lowest BCUT2D eigenvalue weighted by atomic mass is 10.1.